The quantitative estimate of drug-likeness (QED) is 0.389. The Kier molecular flexibility index (Phi) is 7.31. The number of alkyl halides is 3. The zero-order valence-electron chi connectivity index (χ0n) is 18.7. The second kappa shape index (κ2) is 10.2. The Labute approximate surface area is 201 Å². The number of carbonyl (C=O) groups is 1. The van der Waals surface area contributed by atoms with E-state index < -0.39 is 11.9 Å². The second-order valence-electron chi connectivity index (χ2n) is 8.69. The molecule has 0 aliphatic heterocycles. The van der Waals surface area contributed by atoms with Crippen molar-refractivity contribution >= 4 is 34.1 Å². The number of fused-ring (bicyclic) bond motifs is 1. The lowest BCUT2D eigenvalue weighted by molar-refractivity contribution is -0.141. The Balaban J connectivity index is 1.42. The minimum Gasteiger partial charge on any atom is -0.490 e. The van der Waals surface area contributed by atoms with Crippen molar-refractivity contribution in [2.45, 2.75) is 51.3 Å². The summed E-state index contributed by atoms with van der Waals surface area (Å²) < 4.78 is 46.1. The van der Waals surface area contributed by atoms with E-state index in [1.54, 1.807) is 48.5 Å². The molecule has 1 atom stereocenters. The van der Waals surface area contributed by atoms with E-state index in [1.807, 2.05) is 6.92 Å². The Morgan fingerprint density at radius 2 is 1.79 bits per heavy atom. The minimum absolute atomic E-state index is 0.0239. The number of benzene rings is 2. The number of nitrogens with zero attached hydrogens (tertiary/aromatic N) is 1. The Morgan fingerprint density at radius 1 is 1.12 bits per heavy atom. The monoisotopic (exact) mass is 490 g/mol. The maximum Gasteiger partial charge on any atom is 0.433 e. The maximum atomic E-state index is 13.3. The van der Waals surface area contributed by atoms with E-state index in [1.165, 1.54) is 0 Å². The fourth-order valence-electron chi connectivity index (χ4n) is 4.68. The Hall–Kier alpha value is -2.80. The van der Waals surface area contributed by atoms with Gasteiger partial charge in [0.1, 0.15) is 11.4 Å². The summed E-state index contributed by atoms with van der Waals surface area (Å²) in [6.45, 7) is 2.00. The first-order chi connectivity index (χ1) is 16.2. The van der Waals surface area contributed by atoms with Crippen LogP contribution in [0.4, 0.5) is 18.9 Å². The van der Waals surface area contributed by atoms with Crippen LogP contribution in [0.5, 0.6) is 5.75 Å². The number of anilines is 1. The predicted octanol–water partition coefficient (Wildman–Crippen LogP) is 7.51. The van der Waals surface area contributed by atoms with Crippen LogP contribution < -0.4 is 10.1 Å². The summed E-state index contributed by atoms with van der Waals surface area (Å²) >= 11 is 5.91. The van der Waals surface area contributed by atoms with Crippen LogP contribution >= 0.6 is 11.6 Å². The topological polar surface area (TPSA) is 51.2 Å². The van der Waals surface area contributed by atoms with E-state index >= 15 is 0 Å². The number of carbonyl (C=O) groups excluding carboxylic acids is 1. The van der Waals surface area contributed by atoms with Crippen molar-refractivity contribution in [1.29, 1.82) is 0 Å². The molecule has 2 aromatic carbocycles. The van der Waals surface area contributed by atoms with E-state index in [0.29, 0.717) is 35.4 Å². The molecule has 34 heavy (non-hydrogen) atoms. The van der Waals surface area contributed by atoms with Crippen molar-refractivity contribution in [3.8, 4) is 5.75 Å². The molecule has 1 heterocycles. The average molecular weight is 491 g/mol. The molecule has 0 radical (unpaired) electrons. The van der Waals surface area contributed by atoms with Gasteiger partial charge in [-0.3, -0.25) is 4.79 Å². The summed E-state index contributed by atoms with van der Waals surface area (Å²) in [6.07, 6.45) is -1.16. The Morgan fingerprint density at radius 3 is 2.44 bits per heavy atom. The molecule has 1 unspecified atom stereocenters. The van der Waals surface area contributed by atoms with E-state index in [4.69, 9.17) is 16.3 Å². The van der Waals surface area contributed by atoms with Gasteiger partial charge in [-0.25, -0.2) is 4.98 Å². The molecule has 1 aliphatic rings. The van der Waals surface area contributed by atoms with Gasteiger partial charge in [-0.15, -0.1) is 0 Å². The molecule has 4 nitrogen and oxygen atoms in total. The third-order valence-corrected chi connectivity index (χ3v) is 6.69. The van der Waals surface area contributed by atoms with Crippen LogP contribution in [0.15, 0.2) is 54.6 Å². The number of hydrogen-bond acceptors (Lipinski definition) is 3. The number of para-hydroxylation sites is 1. The lowest BCUT2D eigenvalue weighted by Gasteiger charge is -2.33. The van der Waals surface area contributed by atoms with Crippen LogP contribution in [-0.2, 0) is 11.0 Å². The second-order valence-corrected chi connectivity index (χ2v) is 9.12. The van der Waals surface area contributed by atoms with Crippen molar-refractivity contribution in [3.63, 3.8) is 0 Å². The summed E-state index contributed by atoms with van der Waals surface area (Å²) in [5.41, 5.74) is 0.000588. The van der Waals surface area contributed by atoms with Gasteiger partial charge in [-0.1, -0.05) is 30.7 Å². The zero-order valence-corrected chi connectivity index (χ0v) is 19.5. The smallest absolute Gasteiger partial charge is 0.433 e. The van der Waals surface area contributed by atoms with Crippen LogP contribution in [0.3, 0.4) is 0 Å². The number of halogens is 4. The highest BCUT2D eigenvalue weighted by molar-refractivity contribution is 6.30. The van der Waals surface area contributed by atoms with Crippen LogP contribution in [0.1, 0.15) is 44.7 Å². The molecule has 0 bridgehead atoms. The molecule has 8 heteroatoms. The van der Waals surface area contributed by atoms with E-state index in [9.17, 15) is 18.0 Å². The molecular weight excluding hydrogens is 465 g/mol. The first-order valence-electron chi connectivity index (χ1n) is 11.4. The van der Waals surface area contributed by atoms with Crippen molar-refractivity contribution in [2.75, 3.05) is 5.32 Å². The van der Waals surface area contributed by atoms with Gasteiger partial charge < -0.3 is 10.1 Å². The van der Waals surface area contributed by atoms with Gasteiger partial charge in [0.25, 0.3) is 0 Å². The summed E-state index contributed by atoms with van der Waals surface area (Å²) in [7, 11) is 0. The lowest BCUT2D eigenvalue weighted by Crippen LogP contribution is -2.34. The first-order valence-corrected chi connectivity index (χ1v) is 11.8. The van der Waals surface area contributed by atoms with Gasteiger partial charge in [-0.2, -0.15) is 13.2 Å². The molecule has 1 fully saturated rings. The van der Waals surface area contributed by atoms with Crippen LogP contribution in [0.25, 0.3) is 10.9 Å². The number of ether oxygens (including phenoxy) is 1. The van der Waals surface area contributed by atoms with Crippen molar-refractivity contribution in [1.82, 2.24) is 4.98 Å². The predicted molar refractivity (Wildman–Crippen MR) is 127 cm³/mol. The number of pyridine rings is 1. The van der Waals surface area contributed by atoms with Gasteiger partial charge in [0.05, 0.1) is 11.6 Å². The molecule has 1 N–H and O–H groups in total. The number of hydrogen-bond donors (Lipinski definition) is 1. The molecule has 1 saturated carbocycles. The normalized spacial score (nSPS) is 19.6. The van der Waals surface area contributed by atoms with Gasteiger partial charge in [-0.05, 0) is 74.4 Å². The van der Waals surface area contributed by atoms with Gasteiger partial charge in [0.15, 0.2) is 0 Å². The molecule has 0 spiro atoms. The highest BCUT2D eigenvalue weighted by Gasteiger charge is 2.35. The standard InChI is InChI=1S/C26H26ClF3N2O2/c1-2-20(25(33)31-18-11-9-17(27)10-12-18)16-7-13-19(14-8-16)34-23-15-24(26(28,29)30)32-22-6-4-3-5-21(22)23/h3-6,9-12,15-16,19-20H,2,7-8,13-14H2,1H3,(H,31,33)/t16-,19+,20?. The van der Waals surface area contributed by atoms with Crippen molar-refractivity contribution in [3.05, 3.63) is 65.3 Å². The first kappa shape index (κ1) is 24.3. The number of nitrogens with one attached hydrogen (secondary N) is 1. The number of aromatic nitrogens is 1. The molecule has 1 aliphatic carbocycles. The van der Waals surface area contributed by atoms with Crippen LogP contribution in [0.2, 0.25) is 5.02 Å². The lowest BCUT2D eigenvalue weighted by atomic mass is 9.77. The molecule has 4 rings (SSSR count). The summed E-state index contributed by atoms with van der Waals surface area (Å²) in [4.78, 5) is 16.6. The van der Waals surface area contributed by atoms with E-state index in [2.05, 4.69) is 10.3 Å². The number of rotatable bonds is 6. The molecular formula is C26H26ClF3N2O2. The van der Waals surface area contributed by atoms with Crippen molar-refractivity contribution < 1.29 is 22.7 Å². The summed E-state index contributed by atoms with van der Waals surface area (Å²) in [5.74, 6) is 0.227. The number of amides is 1. The fourth-order valence-corrected chi connectivity index (χ4v) is 4.80. The van der Waals surface area contributed by atoms with Crippen molar-refractivity contribution in [2.24, 2.45) is 11.8 Å². The zero-order chi connectivity index (χ0) is 24.3. The van der Waals surface area contributed by atoms with Crippen LogP contribution in [-0.4, -0.2) is 17.0 Å². The van der Waals surface area contributed by atoms with E-state index in [-0.39, 0.29) is 35.1 Å². The van der Waals surface area contributed by atoms with E-state index in [0.717, 1.165) is 18.9 Å². The summed E-state index contributed by atoms with van der Waals surface area (Å²) in [6, 6.07) is 14.7. The third-order valence-electron chi connectivity index (χ3n) is 6.44. The van der Waals surface area contributed by atoms with Gasteiger partial charge in [0, 0.05) is 28.1 Å². The summed E-state index contributed by atoms with van der Waals surface area (Å²) in [5, 5.41) is 4.13. The highest BCUT2D eigenvalue weighted by Crippen LogP contribution is 2.38. The molecule has 180 valence electrons. The molecule has 0 saturated heterocycles. The molecule has 1 amide bonds. The average Bonchev–Trinajstić information content (AvgIpc) is 2.81. The van der Waals surface area contributed by atoms with Gasteiger partial charge >= 0.3 is 6.18 Å². The van der Waals surface area contributed by atoms with Gasteiger partial charge in [0.2, 0.25) is 5.91 Å². The largest absolute Gasteiger partial charge is 0.490 e. The Bertz CT molecular complexity index is 1140. The van der Waals surface area contributed by atoms with Crippen LogP contribution in [0, 0.1) is 11.8 Å². The minimum atomic E-state index is -4.55. The third kappa shape index (κ3) is 5.63. The molecule has 1 aromatic heterocycles. The highest BCUT2D eigenvalue weighted by atomic mass is 35.5. The SMILES string of the molecule is CCC(C(=O)Nc1ccc(Cl)cc1)[C@H]1CC[C@@H](Oc2cc(C(F)(F)F)nc3ccccc23)CC1. The fraction of sp³-hybridized carbons (Fsp3) is 0.385. The maximum absolute atomic E-state index is 13.3. The molecule has 3 aromatic rings.